The van der Waals surface area contributed by atoms with Gasteiger partial charge in [-0.15, -0.1) is 0 Å². The lowest BCUT2D eigenvalue weighted by Crippen LogP contribution is -1.93. The van der Waals surface area contributed by atoms with E-state index in [1.165, 1.54) is 27.7 Å². The second-order valence-electron chi connectivity index (χ2n) is 3.37. The maximum atomic E-state index is 10.0. The molecule has 0 aromatic heterocycles. The highest BCUT2D eigenvalue weighted by Gasteiger charge is 2.17. The predicted molar refractivity (Wildman–Crippen MR) is 54.4 cm³/mol. The minimum absolute atomic E-state index is 0.535. The van der Waals surface area contributed by atoms with Gasteiger partial charge in [-0.3, -0.25) is 9.13 Å². The molecule has 0 fully saturated rings. The molecular weight excluding hydrogens is 230 g/mol. The Balaban J connectivity index is 0. The maximum absolute atomic E-state index is 10.0. The van der Waals surface area contributed by atoms with Crippen LogP contribution in [0, 0.1) is 0 Å². The van der Waals surface area contributed by atoms with E-state index < -0.39 is 26.5 Å². The van der Waals surface area contributed by atoms with Crippen LogP contribution in [0.4, 0.5) is 0 Å². The van der Waals surface area contributed by atoms with Crippen LogP contribution in [0.3, 0.4) is 0 Å². The first kappa shape index (κ1) is 16.7. The molecule has 0 saturated heterocycles. The molecule has 0 amide bonds. The molecule has 0 saturated carbocycles. The van der Waals surface area contributed by atoms with Crippen molar-refractivity contribution >= 4 is 15.2 Å². The van der Waals surface area contributed by atoms with Gasteiger partial charge >= 0.3 is 15.2 Å². The van der Waals surface area contributed by atoms with Crippen LogP contribution in [0.15, 0.2) is 0 Å². The quantitative estimate of drug-likeness (QED) is 0.545. The number of hydrogen-bond donors (Lipinski definition) is 4. The van der Waals surface area contributed by atoms with Gasteiger partial charge in [0, 0.05) is 0 Å². The molecule has 0 rings (SSSR count). The predicted octanol–water partition coefficient (Wildman–Crippen LogP) is 1.14. The van der Waals surface area contributed by atoms with Crippen LogP contribution in [0.1, 0.15) is 27.7 Å². The summed E-state index contributed by atoms with van der Waals surface area (Å²) in [4.78, 5) is 32.8. The van der Waals surface area contributed by atoms with E-state index in [1.54, 1.807) is 0 Å². The first-order valence-electron chi connectivity index (χ1n) is 3.99. The van der Waals surface area contributed by atoms with Crippen LogP contribution in [-0.2, 0) is 9.13 Å². The molecule has 0 heterocycles. The third-order valence-electron chi connectivity index (χ3n) is 1.35. The molecule has 0 aromatic carbocycles. The van der Waals surface area contributed by atoms with Gasteiger partial charge in [-0.25, -0.2) is 0 Å². The van der Waals surface area contributed by atoms with Crippen LogP contribution in [0.25, 0.3) is 0 Å². The molecule has 0 unspecified atom stereocenters. The zero-order chi connectivity index (χ0) is 12.2. The Bertz CT molecular complexity index is 211. The van der Waals surface area contributed by atoms with E-state index in [9.17, 15) is 9.13 Å². The number of hydrogen-bond acceptors (Lipinski definition) is 2. The lowest BCUT2D eigenvalue weighted by atomic mass is 10.6. The zero-order valence-electron chi connectivity index (χ0n) is 8.65. The fourth-order valence-electron chi connectivity index (χ4n) is 0. The first-order valence-corrected chi connectivity index (χ1v) is 7.35. The molecule has 0 radical (unpaired) electrons. The number of rotatable bonds is 2. The minimum atomic E-state index is -3.74. The topological polar surface area (TPSA) is 115 Å². The standard InChI is InChI=1S/2C3H9O3P/c2*1-3(2)7(4,5)6/h2*3H,1-2H3,(H2,4,5,6). The lowest BCUT2D eigenvalue weighted by Gasteiger charge is -2.04. The Morgan fingerprint density at radius 2 is 0.786 bits per heavy atom. The molecule has 88 valence electrons. The molecule has 0 aromatic rings. The van der Waals surface area contributed by atoms with Crippen molar-refractivity contribution in [3.8, 4) is 0 Å². The van der Waals surface area contributed by atoms with Crippen molar-refractivity contribution in [2.24, 2.45) is 0 Å². The highest BCUT2D eigenvalue weighted by atomic mass is 31.2. The van der Waals surface area contributed by atoms with Gasteiger partial charge in [0.15, 0.2) is 0 Å². The second-order valence-corrected chi connectivity index (χ2v) is 7.79. The van der Waals surface area contributed by atoms with E-state index in [0.717, 1.165) is 0 Å². The summed E-state index contributed by atoms with van der Waals surface area (Å²) >= 11 is 0. The van der Waals surface area contributed by atoms with Gasteiger partial charge in [-0.05, 0) is 0 Å². The average molecular weight is 248 g/mol. The molecule has 6 nitrogen and oxygen atoms in total. The summed E-state index contributed by atoms with van der Waals surface area (Å²) in [7, 11) is -7.48. The Morgan fingerprint density at radius 1 is 0.714 bits per heavy atom. The van der Waals surface area contributed by atoms with Gasteiger partial charge in [0.1, 0.15) is 0 Å². The SMILES string of the molecule is CC(C)P(=O)(O)O.CC(C)P(=O)(O)O. The molecule has 4 N–H and O–H groups in total. The van der Waals surface area contributed by atoms with E-state index >= 15 is 0 Å². The van der Waals surface area contributed by atoms with Gasteiger partial charge in [0.05, 0.1) is 11.3 Å². The van der Waals surface area contributed by atoms with Gasteiger partial charge < -0.3 is 19.6 Å². The van der Waals surface area contributed by atoms with Crippen molar-refractivity contribution in [1.29, 1.82) is 0 Å². The summed E-state index contributed by atoms with van der Waals surface area (Å²) in [6.07, 6.45) is 0. The van der Waals surface area contributed by atoms with Crippen molar-refractivity contribution in [1.82, 2.24) is 0 Å². The highest BCUT2D eigenvalue weighted by Crippen LogP contribution is 2.40. The van der Waals surface area contributed by atoms with Crippen molar-refractivity contribution in [2.45, 2.75) is 39.0 Å². The largest absolute Gasteiger partial charge is 0.328 e. The van der Waals surface area contributed by atoms with Gasteiger partial charge in [-0.2, -0.15) is 0 Å². The van der Waals surface area contributed by atoms with Gasteiger partial charge in [-0.1, -0.05) is 27.7 Å². The van der Waals surface area contributed by atoms with E-state index in [4.69, 9.17) is 19.6 Å². The highest BCUT2D eigenvalue weighted by molar-refractivity contribution is 7.52. The molecular formula is C6H18O6P2. The second kappa shape index (κ2) is 6.01. The zero-order valence-corrected chi connectivity index (χ0v) is 10.4. The summed E-state index contributed by atoms with van der Waals surface area (Å²) < 4.78 is 20.1. The molecule has 0 aliphatic heterocycles. The van der Waals surface area contributed by atoms with E-state index in [1.807, 2.05) is 0 Å². The van der Waals surface area contributed by atoms with E-state index in [0.29, 0.717) is 0 Å². The maximum Gasteiger partial charge on any atom is 0.328 e. The van der Waals surface area contributed by atoms with Crippen molar-refractivity contribution in [3.05, 3.63) is 0 Å². The first-order chi connectivity index (χ1) is 5.89. The Labute approximate surface area is 83.7 Å². The lowest BCUT2D eigenvalue weighted by molar-refractivity contribution is 0.361. The molecule has 0 aliphatic carbocycles. The summed E-state index contributed by atoms with van der Waals surface area (Å²) in [6.45, 7) is 5.95. The van der Waals surface area contributed by atoms with Crippen molar-refractivity contribution in [2.75, 3.05) is 0 Å². The molecule has 0 spiro atoms. The Hall–Kier alpha value is 0.300. The van der Waals surface area contributed by atoms with Crippen molar-refractivity contribution < 1.29 is 28.7 Å². The van der Waals surface area contributed by atoms with Crippen LogP contribution in [-0.4, -0.2) is 30.9 Å². The Kier molecular flexibility index (Phi) is 7.18. The third kappa shape index (κ3) is 10.4. The molecule has 0 atom stereocenters. The fraction of sp³-hybridized carbons (Fsp3) is 1.00. The van der Waals surface area contributed by atoms with Gasteiger partial charge in [0.2, 0.25) is 0 Å². The van der Waals surface area contributed by atoms with Crippen LogP contribution in [0.5, 0.6) is 0 Å². The normalized spacial score (nSPS) is 12.7. The minimum Gasteiger partial charge on any atom is -0.324 e. The van der Waals surface area contributed by atoms with Crippen molar-refractivity contribution in [3.63, 3.8) is 0 Å². The smallest absolute Gasteiger partial charge is 0.324 e. The average Bonchev–Trinajstić information content (AvgIpc) is 1.83. The molecule has 14 heavy (non-hydrogen) atoms. The van der Waals surface area contributed by atoms with E-state index in [-0.39, 0.29) is 0 Å². The summed E-state index contributed by atoms with van der Waals surface area (Å²) in [6, 6.07) is 0. The third-order valence-corrected chi connectivity index (χ3v) is 4.04. The molecule has 0 bridgehead atoms. The van der Waals surface area contributed by atoms with E-state index in [2.05, 4.69) is 0 Å². The fourth-order valence-corrected chi connectivity index (χ4v) is 0. The van der Waals surface area contributed by atoms with Gasteiger partial charge in [0.25, 0.3) is 0 Å². The van der Waals surface area contributed by atoms with Crippen LogP contribution < -0.4 is 0 Å². The van der Waals surface area contributed by atoms with Crippen LogP contribution >= 0.6 is 15.2 Å². The summed E-state index contributed by atoms with van der Waals surface area (Å²) in [5.41, 5.74) is -1.07. The van der Waals surface area contributed by atoms with Crippen LogP contribution in [0.2, 0.25) is 0 Å². The monoisotopic (exact) mass is 248 g/mol. The molecule has 0 aliphatic rings. The summed E-state index contributed by atoms with van der Waals surface area (Å²) in [5, 5.41) is 0. The Morgan fingerprint density at radius 3 is 0.786 bits per heavy atom. The summed E-state index contributed by atoms with van der Waals surface area (Å²) in [5.74, 6) is 0. The molecule has 8 heteroatoms.